The van der Waals surface area contributed by atoms with Gasteiger partial charge in [-0.1, -0.05) is 29.8 Å². The zero-order chi connectivity index (χ0) is 16.5. The molecule has 0 saturated carbocycles. The van der Waals surface area contributed by atoms with Crippen LogP contribution in [-0.4, -0.2) is 19.7 Å². The molecule has 4 rings (SSSR count). The monoisotopic (exact) mass is 336 g/mol. The molecule has 0 radical (unpaired) electrons. The molecule has 3 aromatic rings. The van der Waals surface area contributed by atoms with Gasteiger partial charge in [0.25, 0.3) is 0 Å². The maximum atomic E-state index is 4.69. The molecule has 5 heteroatoms. The maximum absolute atomic E-state index is 4.69. The Morgan fingerprint density at radius 1 is 1.12 bits per heavy atom. The fourth-order valence-corrected chi connectivity index (χ4v) is 4.10. The van der Waals surface area contributed by atoms with Gasteiger partial charge in [-0.05, 0) is 44.2 Å². The summed E-state index contributed by atoms with van der Waals surface area (Å²) in [5.41, 5.74) is 6.47. The lowest BCUT2D eigenvalue weighted by molar-refractivity contribution is 0.748. The van der Waals surface area contributed by atoms with E-state index in [2.05, 4.69) is 48.1 Å². The van der Waals surface area contributed by atoms with Crippen molar-refractivity contribution in [2.24, 2.45) is 0 Å². The number of aromatic nitrogens is 4. The number of thioether (sulfide) groups is 1. The third-order valence-corrected chi connectivity index (χ3v) is 5.44. The van der Waals surface area contributed by atoms with Crippen LogP contribution in [-0.2, 0) is 18.6 Å². The van der Waals surface area contributed by atoms with E-state index in [-0.39, 0.29) is 0 Å². The van der Waals surface area contributed by atoms with Crippen LogP contribution in [0.15, 0.2) is 41.7 Å². The SMILES string of the molecule is Cc1cccc(CSc2cc(-n3nc(C)c4c3CCC4)ncn2)c1. The van der Waals surface area contributed by atoms with Gasteiger partial charge in [0.1, 0.15) is 11.4 Å². The number of nitrogens with zero attached hydrogens (tertiary/aromatic N) is 4. The van der Waals surface area contributed by atoms with Gasteiger partial charge in [0.05, 0.1) is 5.69 Å². The molecule has 0 saturated heterocycles. The summed E-state index contributed by atoms with van der Waals surface area (Å²) < 4.78 is 2.01. The second-order valence-electron chi connectivity index (χ2n) is 6.27. The van der Waals surface area contributed by atoms with E-state index < -0.39 is 0 Å². The van der Waals surface area contributed by atoms with E-state index in [4.69, 9.17) is 5.10 Å². The second-order valence-corrected chi connectivity index (χ2v) is 7.26. The Kier molecular flexibility index (Phi) is 4.10. The van der Waals surface area contributed by atoms with Gasteiger partial charge in [0.15, 0.2) is 5.82 Å². The van der Waals surface area contributed by atoms with Crippen molar-refractivity contribution < 1.29 is 0 Å². The average Bonchev–Trinajstić information content (AvgIpc) is 3.18. The van der Waals surface area contributed by atoms with Gasteiger partial charge in [0.2, 0.25) is 0 Å². The Labute approximate surface area is 146 Å². The van der Waals surface area contributed by atoms with Crippen molar-refractivity contribution in [1.82, 2.24) is 19.7 Å². The van der Waals surface area contributed by atoms with E-state index in [1.54, 1.807) is 18.1 Å². The third-order valence-electron chi connectivity index (χ3n) is 4.44. The van der Waals surface area contributed by atoms with Gasteiger partial charge in [-0.15, -0.1) is 11.8 Å². The first-order chi connectivity index (χ1) is 11.7. The molecule has 0 bridgehead atoms. The highest BCUT2D eigenvalue weighted by molar-refractivity contribution is 7.98. The molecule has 1 aliphatic rings. The van der Waals surface area contributed by atoms with E-state index in [9.17, 15) is 0 Å². The maximum Gasteiger partial charge on any atom is 0.158 e. The van der Waals surface area contributed by atoms with Crippen LogP contribution in [0, 0.1) is 13.8 Å². The summed E-state index contributed by atoms with van der Waals surface area (Å²) >= 11 is 1.74. The van der Waals surface area contributed by atoms with E-state index in [1.165, 1.54) is 28.8 Å². The van der Waals surface area contributed by atoms with Crippen molar-refractivity contribution in [3.8, 4) is 5.82 Å². The summed E-state index contributed by atoms with van der Waals surface area (Å²) in [7, 11) is 0. The summed E-state index contributed by atoms with van der Waals surface area (Å²) in [5, 5.41) is 5.68. The quantitative estimate of drug-likeness (QED) is 0.532. The number of hydrogen-bond donors (Lipinski definition) is 0. The van der Waals surface area contributed by atoms with E-state index in [1.807, 2.05) is 10.7 Å². The van der Waals surface area contributed by atoms with Crippen LogP contribution in [0.3, 0.4) is 0 Å². The van der Waals surface area contributed by atoms with Crippen LogP contribution in [0.1, 0.15) is 34.5 Å². The van der Waals surface area contributed by atoms with Gasteiger partial charge in [-0.3, -0.25) is 0 Å². The Balaban J connectivity index is 1.57. The van der Waals surface area contributed by atoms with Crippen LogP contribution in [0.4, 0.5) is 0 Å². The first-order valence-electron chi connectivity index (χ1n) is 8.29. The largest absolute Gasteiger partial charge is 0.230 e. The molecular formula is C19H20N4S. The van der Waals surface area contributed by atoms with Crippen molar-refractivity contribution in [3.05, 3.63) is 64.7 Å². The highest BCUT2D eigenvalue weighted by Gasteiger charge is 2.21. The van der Waals surface area contributed by atoms with Gasteiger partial charge in [0, 0.05) is 17.5 Å². The van der Waals surface area contributed by atoms with Gasteiger partial charge < -0.3 is 0 Å². The summed E-state index contributed by atoms with van der Waals surface area (Å²) in [6.07, 6.45) is 5.09. The molecule has 0 aliphatic heterocycles. The summed E-state index contributed by atoms with van der Waals surface area (Å²) in [6, 6.07) is 10.7. The van der Waals surface area contributed by atoms with Gasteiger partial charge in [-0.25, -0.2) is 14.6 Å². The molecular weight excluding hydrogens is 316 g/mol. The summed E-state index contributed by atoms with van der Waals surface area (Å²) in [4.78, 5) is 8.86. The molecule has 0 atom stereocenters. The fourth-order valence-electron chi connectivity index (χ4n) is 3.30. The van der Waals surface area contributed by atoms with Gasteiger partial charge in [-0.2, -0.15) is 5.10 Å². The Morgan fingerprint density at radius 2 is 2.04 bits per heavy atom. The predicted molar refractivity (Wildman–Crippen MR) is 96.7 cm³/mol. The molecule has 1 aliphatic carbocycles. The minimum atomic E-state index is 0.878. The van der Waals surface area contributed by atoms with Gasteiger partial charge >= 0.3 is 0 Å². The third kappa shape index (κ3) is 2.96. The van der Waals surface area contributed by atoms with Crippen molar-refractivity contribution in [2.75, 3.05) is 0 Å². The smallest absolute Gasteiger partial charge is 0.158 e. The molecule has 0 N–H and O–H groups in total. The Hall–Kier alpha value is -2.14. The lowest BCUT2D eigenvalue weighted by atomic mass is 10.2. The van der Waals surface area contributed by atoms with Crippen LogP contribution in [0.5, 0.6) is 0 Å². The van der Waals surface area contributed by atoms with E-state index in [0.717, 1.165) is 35.1 Å². The summed E-state index contributed by atoms with van der Waals surface area (Å²) in [5.74, 6) is 1.79. The molecule has 24 heavy (non-hydrogen) atoms. The predicted octanol–water partition coefficient (Wildman–Crippen LogP) is 4.06. The van der Waals surface area contributed by atoms with Crippen molar-refractivity contribution in [1.29, 1.82) is 0 Å². The molecule has 122 valence electrons. The van der Waals surface area contributed by atoms with Crippen molar-refractivity contribution >= 4 is 11.8 Å². The van der Waals surface area contributed by atoms with E-state index >= 15 is 0 Å². The first kappa shape index (κ1) is 15.4. The molecule has 0 amide bonds. The number of hydrogen-bond acceptors (Lipinski definition) is 4. The number of rotatable bonds is 4. The topological polar surface area (TPSA) is 43.6 Å². The lowest BCUT2D eigenvalue weighted by Gasteiger charge is -2.07. The van der Waals surface area contributed by atoms with Crippen LogP contribution in [0.2, 0.25) is 0 Å². The van der Waals surface area contributed by atoms with Crippen molar-refractivity contribution in [3.63, 3.8) is 0 Å². The normalized spacial score (nSPS) is 13.2. The Bertz CT molecular complexity index is 885. The zero-order valence-corrected chi connectivity index (χ0v) is 14.8. The second kappa shape index (κ2) is 6.40. The Morgan fingerprint density at radius 3 is 2.92 bits per heavy atom. The standard InChI is InChI=1S/C19H20N4S/c1-13-5-3-6-15(9-13)11-24-19-10-18(20-12-21-19)23-17-8-4-7-16(17)14(2)22-23/h3,5-6,9-10,12H,4,7-8,11H2,1-2H3. The molecule has 0 unspecified atom stereocenters. The molecule has 2 heterocycles. The van der Waals surface area contributed by atoms with Crippen LogP contribution < -0.4 is 0 Å². The van der Waals surface area contributed by atoms with E-state index in [0.29, 0.717) is 0 Å². The highest BCUT2D eigenvalue weighted by Crippen LogP contribution is 2.28. The average molecular weight is 336 g/mol. The molecule has 4 nitrogen and oxygen atoms in total. The number of fused-ring (bicyclic) bond motifs is 1. The highest BCUT2D eigenvalue weighted by atomic mass is 32.2. The van der Waals surface area contributed by atoms with Crippen LogP contribution >= 0.6 is 11.8 Å². The van der Waals surface area contributed by atoms with Crippen molar-refractivity contribution in [2.45, 2.75) is 43.9 Å². The fraction of sp³-hybridized carbons (Fsp3) is 0.316. The molecule has 0 fully saturated rings. The molecule has 2 aromatic heterocycles. The molecule has 0 spiro atoms. The van der Waals surface area contributed by atoms with Crippen LogP contribution in [0.25, 0.3) is 5.82 Å². The minimum Gasteiger partial charge on any atom is -0.230 e. The lowest BCUT2D eigenvalue weighted by Crippen LogP contribution is -2.04. The first-order valence-corrected chi connectivity index (χ1v) is 9.27. The summed E-state index contributed by atoms with van der Waals surface area (Å²) in [6.45, 7) is 4.22. The molecule has 1 aromatic carbocycles. The number of benzene rings is 1. The number of aryl methyl sites for hydroxylation is 2. The zero-order valence-electron chi connectivity index (χ0n) is 14.0. The minimum absolute atomic E-state index is 0.878.